The Morgan fingerprint density at radius 1 is 1.20 bits per heavy atom. The third-order valence-electron chi connectivity index (χ3n) is 2.73. The van der Waals surface area contributed by atoms with E-state index >= 15 is 0 Å². The fraction of sp³-hybridized carbons (Fsp3) is 0.200. The van der Waals surface area contributed by atoms with E-state index in [0.29, 0.717) is 30.2 Å². The van der Waals surface area contributed by atoms with Crippen LogP contribution in [0.1, 0.15) is 12.0 Å². The normalized spacial score (nSPS) is 10.2. The Balaban J connectivity index is 1.69. The summed E-state index contributed by atoms with van der Waals surface area (Å²) in [6.45, 7) is 1.30. The van der Waals surface area contributed by atoms with Crippen molar-refractivity contribution in [3.8, 4) is 0 Å². The molecular formula is C15H16ClN3O. The number of para-hydroxylation sites is 1. The quantitative estimate of drug-likeness (QED) is 0.804. The first-order valence-corrected chi connectivity index (χ1v) is 6.77. The van der Waals surface area contributed by atoms with E-state index in [-0.39, 0.29) is 5.91 Å². The SMILES string of the molecule is O=C(CCNCc1cccnc1)Nc1ccccc1Cl. The number of nitrogens with zero attached hydrogens (tertiary/aromatic N) is 1. The van der Waals surface area contributed by atoms with E-state index < -0.39 is 0 Å². The van der Waals surface area contributed by atoms with Crippen molar-refractivity contribution in [3.05, 3.63) is 59.4 Å². The summed E-state index contributed by atoms with van der Waals surface area (Å²) in [6, 6.07) is 11.1. The maximum atomic E-state index is 11.8. The molecule has 1 amide bonds. The van der Waals surface area contributed by atoms with E-state index in [2.05, 4.69) is 15.6 Å². The molecule has 0 saturated heterocycles. The summed E-state index contributed by atoms with van der Waals surface area (Å²) >= 11 is 5.97. The van der Waals surface area contributed by atoms with Gasteiger partial charge in [0.05, 0.1) is 10.7 Å². The predicted molar refractivity (Wildman–Crippen MR) is 80.6 cm³/mol. The van der Waals surface area contributed by atoms with Crippen molar-refractivity contribution in [3.63, 3.8) is 0 Å². The zero-order valence-corrected chi connectivity index (χ0v) is 11.7. The number of pyridine rings is 1. The Morgan fingerprint density at radius 2 is 2.05 bits per heavy atom. The lowest BCUT2D eigenvalue weighted by Gasteiger charge is -2.07. The number of benzene rings is 1. The zero-order chi connectivity index (χ0) is 14.2. The number of hydrogen-bond acceptors (Lipinski definition) is 3. The Kier molecular flexibility index (Phi) is 5.53. The van der Waals surface area contributed by atoms with Gasteiger partial charge in [0.2, 0.25) is 5.91 Å². The maximum absolute atomic E-state index is 11.8. The highest BCUT2D eigenvalue weighted by Crippen LogP contribution is 2.20. The molecule has 0 aliphatic rings. The molecule has 2 N–H and O–H groups in total. The average molecular weight is 290 g/mol. The summed E-state index contributed by atoms with van der Waals surface area (Å²) in [4.78, 5) is 15.8. The van der Waals surface area contributed by atoms with Gasteiger partial charge in [0.15, 0.2) is 0 Å². The number of rotatable bonds is 6. The molecule has 0 aliphatic heterocycles. The van der Waals surface area contributed by atoms with Crippen LogP contribution in [0.25, 0.3) is 0 Å². The van der Waals surface area contributed by atoms with Gasteiger partial charge in [0, 0.05) is 31.9 Å². The van der Waals surface area contributed by atoms with E-state index in [1.165, 1.54) is 0 Å². The van der Waals surface area contributed by atoms with Crippen molar-refractivity contribution in [2.75, 3.05) is 11.9 Å². The number of amides is 1. The first-order valence-electron chi connectivity index (χ1n) is 6.40. The molecule has 20 heavy (non-hydrogen) atoms. The third-order valence-corrected chi connectivity index (χ3v) is 3.06. The highest BCUT2D eigenvalue weighted by Gasteiger charge is 2.04. The molecule has 0 saturated carbocycles. The average Bonchev–Trinajstić information content (AvgIpc) is 2.47. The molecule has 4 nitrogen and oxygen atoms in total. The number of carbonyl (C=O) groups is 1. The molecule has 104 valence electrons. The van der Waals surface area contributed by atoms with E-state index in [1.807, 2.05) is 24.3 Å². The zero-order valence-electron chi connectivity index (χ0n) is 11.0. The number of anilines is 1. The standard InChI is InChI=1S/C15H16ClN3O/c16-13-5-1-2-6-14(13)19-15(20)7-9-18-11-12-4-3-8-17-10-12/h1-6,8,10,18H,7,9,11H2,(H,19,20). The van der Waals surface area contributed by atoms with Crippen LogP contribution in [0.15, 0.2) is 48.8 Å². The lowest BCUT2D eigenvalue weighted by molar-refractivity contribution is -0.116. The first-order chi connectivity index (χ1) is 9.75. The minimum atomic E-state index is -0.0585. The minimum Gasteiger partial charge on any atom is -0.325 e. The summed E-state index contributed by atoms with van der Waals surface area (Å²) < 4.78 is 0. The second-order valence-electron chi connectivity index (χ2n) is 4.32. The summed E-state index contributed by atoms with van der Waals surface area (Å²) in [5, 5.41) is 6.53. The Morgan fingerprint density at radius 3 is 2.80 bits per heavy atom. The van der Waals surface area contributed by atoms with Crippen molar-refractivity contribution < 1.29 is 4.79 Å². The van der Waals surface area contributed by atoms with Crippen LogP contribution in [0, 0.1) is 0 Å². The summed E-state index contributed by atoms with van der Waals surface area (Å²) in [7, 11) is 0. The Hall–Kier alpha value is -1.91. The van der Waals surface area contributed by atoms with Gasteiger partial charge in [0.25, 0.3) is 0 Å². The summed E-state index contributed by atoms with van der Waals surface area (Å²) in [5.41, 5.74) is 1.74. The third kappa shape index (κ3) is 4.64. The molecule has 0 atom stereocenters. The van der Waals surface area contributed by atoms with Crippen LogP contribution in [0.3, 0.4) is 0 Å². The molecule has 5 heteroatoms. The molecule has 0 spiro atoms. The van der Waals surface area contributed by atoms with Crippen molar-refractivity contribution >= 4 is 23.2 Å². The van der Waals surface area contributed by atoms with E-state index in [0.717, 1.165) is 5.56 Å². The number of aromatic nitrogens is 1. The fourth-order valence-electron chi connectivity index (χ4n) is 1.71. The van der Waals surface area contributed by atoms with Crippen LogP contribution in [0.4, 0.5) is 5.69 Å². The summed E-state index contributed by atoms with van der Waals surface area (Å²) in [6.07, 6.45) is 3.93. The minimum absolute atomic E-state index is 0.0585. The molecule has 0 fully saturated rings. The smallest absolute Gasteiger partial charge is 0.225 e. The van der Waals surface area contributed by atoms with Crippen molar-refractivity contribution in [2.45, 2.75) is 13.0 Å². The van der Waals surface area contributed by atoms with Gasteiger partial charge in [-0.2, -0.15) is 0 Å². The highest BCUT2D eigenvalue weighted by atomic mass is 35.5. The van der Waals surface area contributed by atoms with Crippen molar-refractivity contribution in [1.29, 1.82) is 0 Å². The number of halogens is 1. The van der Waals surface area contributed by atoms with Gasteiger partial charge in [-0.15, -0.1) is 0 Å². The van der Waals surface area contributed by atoms with Crippen LogP contribution >= 0.6 is 11.6 Å². The van der Waals surface area contributed by atoms with Crippen LogP contribution in [-0.2, 0) is 11.3 Å². The molecule has 0 aliphatic carbocycles. The van der Waals surface area contributed by atoms with Crippen LogP contribution in [-0.4, -0.2) is 17.4 Å². The van der Waals surface area contributed by atoms with Gasteiger partial charge in [-0.25, -0.2) is 0 Å². The lowest BCUT2D eigenvalue weighted by Crippen LogP contribution is -2.21. The number of carbonyl (C=O) groups excluding carboxylic acids is 1. The molecule has 1 aromatic heterocycles. The number of nitrogens with one attached hydrogen (secondary N) is 2. The van der Waals surface area contributed by atoms with Crippen molar-refractivity contribution in [1.82, 2.24) is 10.3 Å². The highest BCUT2D eigenvalue weighted by molar-refractivity contribution is 6.33. The van der Waals surface area contributed by atoms with Crippen LogP contribution in [0.5, 0.6) is 0 Å². The van der Waals surface area contributed by atoms with E-state index in [9.17, 15) is 4.79 Å². The molecule has 2 rings (SSSR count). The van der Waals surface area contributed by atoms with Gasteiger partial charge in [-0.1, -0.05) is 29.8 Å². The van der Waals surface area contributed by atoms with Crippen molar-refractivity contribution in [2.24, 2.45) is 0 Å². The monoisotopic (exact) mass is 289 g/mol. The molecule has 1 aromatic carbocycles. The largest absolute Gasteiger partial charge is 0.325 e. The first kappa shape index (κ1) is 14.5. The number of hydrogen-bond donors (Lipinski definition) is 2. The van der Waals surface area contributed by atoms with Gasteiger partial charge in [-0.3, -0.25) is 9.78 Å². The second kappa shape index (κ2) is 7.62. The second-order valence-corrected chi connectivity index (χ2v) is 4.72. The predicted octanol–water partition coefficient (Wildman–Crippen LogP) is 2.85. The van der Waals surface area contributed by atoms with E-state index in [1.54, 1.807) is 24.5 Å². The molecule has 1 heterocycles. The van der Waals surface area contributed by atoms with Gasteiger partial charge in [-0.05, 0) is 23.8 Å². The molecule has 0 bridgehead atoms. The van der Waals surface area contributed by atoms with Crippen LogP contribution < -0.4 is 10.6 Å². The molecule has 2 aromatic rings. The van der Waals surface area contributed by atoms with Crippen LogP contribution in [0.2, 0.25) is 5.02 Å². The van der Waals surface area contributed by atoms with Gasteiger partial charge >= 0.3 is 0 Å². The Labute approximate surface area is 123 Å². The topological polar surface area (TPSA) is 54.0 Å². The summed E-state index contributed by atoms with van der Waals surface area (Å²) in [5.74, 6) is -0.0585. The molecular weight excluding hydrogens is 274 g/mol. The lowest BCUT2D eigenvalue weighted by atomic mass is 10.2. The maximum Gasteiger partial charge on any atom is 0.225 e. The Bertz CT molecular complexity index is 560. The molecule has 0 radical (unpaired) electrons. The van der Waals surface area contributed by atoms with Gasteiger partial charge in [0.1, 0.15) is 0 Å². The van der Waals surface area contributed by atoms with Gasteiger partial charge < -0.3 is 10.6 Å². The fourth-order valence-corrected chi connectivity index (χ4v) is 1.90. The van der Waals surface area contributed by atoms with E-state index in [4.69, 9.17) is 11.6 Å². The molecule has 0 unspecified atom stereocenters.